The van der Waals surface area contributed by atoms with Gasteiger partial charge in [-0.25, -0.2) is 0 Å². The zero-order valence-electron chi connectivity index (χ0n) is 17.3. The summed E-state index contributed by atoms with van der Waals surface area (Å²) in [6.45, 7) is 13.9. The number of aromatic hydroxyl groups is 1. The first-order chi connectivity index (χ1) is 10.2. The van der Waals surface area contributed by atoms with E-state index in [1.54, 1.807) is 0 Å². The maximum Gasteiger partial charge on any atom is 1.00 e. The first kappa shape index (κ1) is 28.4. The summed E-state index contributed by atoms with van der Waals surface area (Å²) in [6.07, 6.45) is 0.174. The van der Waals surface area contributed by atoms with Crippen molar-refractivity contribution in [2.45, 2.75) is 71.6 Å². The SMILES string of the molecule is CCC(CP(=O)([O-])[O-])c1cc(C(C)(C)C)c(O)c(C(C)(C)C)c1.[Na+].[Na+]. The summed E-state index contributed by atoms with van der Waals surface area (Å²) in [7, 11) is -4.59. The first-order valence-electron chi connectivity index (χ1n) is 8.05. The molecule has 0 saturated heterocycles. The molecule has 1 unspecified atom stereocenters. The van der Waals surface area contributed by atoms with Crippen LogP contribution in [0.4, 0.5) is 0 Å². The van der Waals surface area contributed by atoms with E-state index in [1.807, 2.05) is 60.6 Å². The predicted octanol–water partition coefficient (Wildman–Crippen LogP) is -2.60. The van der Waals surface area contributed by atoms with E-state index in [-0.39, 0.29) is 87.8 Å². The van der Waals surface area contributed by atoms with Gasteiger partial charge in [0.05, 0.1) is 0 Å². The monoisotopic (exact) mass is 386 g/mol. The van der Waals surface area contributed by atoms with Gasteiger partial charge >= 0.3 is 59.1 Å². The molecule has 1 aromatic rings. The van der Waals surface area contributed by atoms with Gasteiger partial charge in [-0.15, -0.1) is 0 Å². The number of rotatable bonds is 4. The minimum Gasteiger partial charge on any atom is -0.811 e. The summed E-state index contributed by atoms with van der Waals surface area (Å²) < 4.78 is 11.2. The Balaban J connectivity index is 0. The van der Waals surface area contributed by atoms with Crippen LogP contribution in [-0.2, 0) is 15.4 Å². The number of phenols is 1. The third-order valence-corrected chi connectivity index (χ3v) is 5.04. The van der Waals surface area contributed by atoms with Crippen LogP contribution in [0.5, 0.6) is 5.75 Å². The molecule has 0 radical (unpaired) electrons. The Hall–Kier alpha value is 1.17. The fraction of sp³-hybridized carbons (Fsp3) is 0.667. The molecule has 1 atom stereocenters. The standard InChI is InChI=1S/C18H31O4P.2Na/c1-8-12(11-23(20,21)22)13-9-14(17(2,3)4)16(19)15(10-13)18(5,6)7;;/h9-10,12,19H,8,11H2,1-7H3,(H2,20,21,22);;/q;2*+1/p-2. The maximum atomic E-state index is 11.2. The number of benzene rings is 1. The molecule has 0 saturated carbocycles. The minimum atomic E-state index is -4.59. The number of hydrogen-bond acceptors (Lipinski definition) is 4. The third kappa shape index (κ3) is 8.37. The smallest absolute Gasteiger partial charge is 0.811 e. The molecule has 1 N–H and O–H groups in total. The van der Waals surface area contributed by atoms with Gasteiger partial charge in [-0.2, -0.15) is 0 Å². The van der Waals surface area contributed by atoms with Gasteiger partial charge in [-0.1, -0.05) is 68.2 Å². The topological polar surface area (TPSA) is 83.4 Å². The van der Waals surface area contributed by atoms with Crippen molar-refractivity contribution in [3.63, 3.8) is 0 Å². The zero-order valence-corrected chi connectivity index (χ0v) is 22.2. The fourth-order valence-electron chi connectivity index (χ4n) is 2.78. The van der Waals surface area contributed by atoms with Crippen LogP contribution in [-0.4, -0.2) is 11.3 Å². The molecule has 25 heavy (non-hydrogen) atoms. The average molecular weight is 386 g/mol. The van der Waals surface area contributed by atoms with E-state index in [0.717, 1.165) is 16.7 Å². The van der Waals surface area contributed by atoms with E-state index in [4.69, 9.17) is 0 Å². The molecule has 0 bridgehead atoms. The fourth-order valence-corrected chi connectivity index (χ4v) is 3.78. The summed E-state index contributed by atoms with van der Waals surface area (Å²) >= 11 is 0. The van der Waals surface area contributed by atoms with Gasteiger partial charge in [-0.05, 0) is 46.0 Å². The molecule has 7 heteroatoms. The van der Waals surface area contributed by atoms with E-state index in [0.29, 0.717) is 6.42 Å². The van der Waals surface area contributed by atoms with Crippen molar-refractivity contribution in [2.75, 3.05) is 6.16 Å². The van der Waals surface area contributed by atoms with Crippen molar-refractivity contribution < 1.29 is 78.6 Å². The number of hydrogen-bond donors (Lipinski definition) is 1. The molecule has 0 aliphatic carbocycles. The van der Waals surface area contributed by atoms with Crippen LogP contribution in [0.2, 0.25) is 0 Å². The zero-order chi connectivity index (χ0) is 18.2. The molecule has 0 amide bonds. The van der Waals surface area contributed by atoms with Gasteiger partial charge in [0.15, 0.2) is 0 Å². The normalized spacial score (nSPS) is 13.6. The van der Waals surface area contributed by atoms with E-state index in [9.17, 15) is 19.5 Å². The van der Waals surface area contributed by atoms with Crippen molar-refractivity contribution in [1.82, 2.24) is 0 Å². The van der Waals surface area contributed by atoms with E-state index in [2.05, 4.69) is 0 Å². The Bertz CT molecular complexity index is 577. The Morgan fingerprint density at radius 3 is 1.60 bits per heavy atom. The van der Waals surface area contributed by atoms with Gasteiger partial charge < -0.3 is 19.5 Å². The summed E-state index contributed by atoms with van der Waals surface area (Å²) in [5.74, 6) is -0.0883. The van der Waals surface area contributed by atoms with Gasteiger partial charge in [0.2, 0.25) is 0 Å². The van der Waals surface area contributed by atoms with Crippen LogP contribution in [0.3, 0.4) is 0 Å². The van der Waals surface area contributed by atoms with Crippen LogP contribution in [0.1, 0.15) is 77.5 Å². The molecule has 0 aliphatic heterocycles. The maximum absolute atomic E-state index is 11.2. The van der Waals surface area contributed by atoms with Crippen molar-refractivity contribution in [2.24, 2.45) is 0 Å². The van der Waals surface area contributed by atoms with Gasteiger partial charge in [0.25, 0.3) is 0 Å². The molecule has 1 aromatic carbocycles. The van der Waals surface area contributed by atoms with E-state index in [1.165, 1.54) is 0 Å². The molecule has 1 rings (SSSR count). The summed E-state index contributed by atoms with van der Waals surface area (Å²) in [5, 5.41) is 10.7. The second-order valence-electron chi connectivity index (χ2n) is 8.36. The van der Waals surface area contributed by atoms with Gasteiger partial charge in [0, 0.05) is 0 Å². The Labute approximate surface area is 196 Å². The Kier molecular flexibility index (Phi) is 11.5. The molecule has 0 fully saturated rings. The first-order valence-corrected chi connectivity index (χ1v) is 9.78. The summed E-state index contributed by atoms with van der Waals surface area (Å²) in [6, 6.07) is 3.71. The molecule has 132 valence electrons. The molecular formula is C18H29Na2O4P. The van der Waals surface area contributed by atoms with Gasteiger partial charge in [0.1, 0.15) is 5.75 Å². The quantitative estimate of drug-likeness (QED) is 0.455. The predicted molar refractivity (Wildman–Crippen MR) is 91.0 cm³/mol. The molecule has 0 aromatic heterocycles. The van der Waals surface area contributed by atoms with Gasteiger partial charge in [-0.3, -0.25) is 0 Å². The second kappa shape index (κ2) is 10.1. The summed E-state index contributed by atoms with van der Waals surface area (Å²) in [5.41, 5.74) is 1.82. The van der Waals surface area contributed by atoms with Crippen molar-refractivity contribution in [3.8, 4) is 5.75 Å². The second-order valence-corrected chi connectivity index (χ2v) is 9.95. The van der Waals surface area contributed by atoms with Crippen LogP contribution in [0.15, 0.2) is 12.1 Å². The molecule has 4 nitrogen and oxygen atoms in total. The molecular weight excluding hydrogens is 357 g/mol. The van der Waals surface area contributed by atoms with Crippen molar-refractivity contribution in [1.29, 1.82) is 0 Å². The van der Waals surface area contributed by atoms with Crippen LogP contribution >= 0.6 is 7.60 Å². The molecule has 0 heterocycles. The van der Waals surface area contributed by atoms with Crippen LogP contribution in [0.25, 0.3) is 0 Å². The molecule has 0 aliphatic rings. The molecule has 0 spiro atoms. The van der Waals surface area contributed by atoms with Crippen LogP contribution < -0.4 is 68.9 Å². The van der Waals surface area contributed by atoms with Crippen LogP contribution in [0, 0.1) is 0 Å². The Morgan fingerprint density at radius 1 is 1.00 bits per heavy atom. The third-order valence-electron chi connectivity index (χ3n) is 4.16. The summed E-state index contributed by atoms with van der Waals surface area (Å²) in [4.78, 5) is 22.5. The van der Waals surface area contributed by atoms with Crippen molar-refractivity contribution >= 4 is 7.60 Å². The van der Waals surface area contributed by atoms with Crippen molar-refractivity contribution in [3.05, 3.63) is 28.8 Å². The largest absolute Gasteiger partial charge is 1.00 e. The number of phenolic OH excluding ortho intramolecular Hbond substituents is 1. The minimum absolute atomic E-state index is 0. The van der Waals surface area contributed by atoms with E-state index >= 15 is 0 Å². The average Bonchev–Trinajstić information content (AvgIpc) is 2.32. The van der Waals surface area contributed by atoms with E-state index < -0.39 is 7.60 Å². The Morgan fingerprint density at radius 2 is 1.36 bits per heavy atom.